The van der Waals surface area contributed by atoms with Gasteiger partial charge in [-0.1, -0.05) is 60.7 Å². The van der Waals surface area contributed by atoms with Crippen molar-refractivity contribution in [2.75, 3.05) is 0 Å². The lowest BCUT2D eigenvalue weighted by molar-refractivity contribution is -0.139. The fraction of sp³-hybridized carbons (Fsp3) is 0.280. The Morgan fingerprint density at radius 2 is 1.77 bits per heavy atom. The summed E-state index contributed by atoms with van der Waals surface area (Å²) < 4.78 is 0. The third-order valence-corrected chi connectivity index (χ3v) is 5.39. The van der Waals surface area contributed by atoms with Crippen LogP contribution in [0, 0.1) is 0 Å². The molecule has 30 heavy (non-hydrogen) atoms. The molecule has 0 saturated heterocycles. The second-order valence-electron chi connectivity index (χ2n) is 7.86. The minimum Gasteiger partial charge on any atom is -0.481 e. The number of rotatable bonds is 8. The van der Waals surface area contributed by atoms with Crippen molar-refractivity contribution in [1.29, 1.82) is 0 Å². The number of carboxylic acid groups (broad SMARTS) is 1. The van der Waals surface area contributed by atoms with Crippen molar-refractivity contribution in [3.63, 3.8) is 0 Å². The van der Waals surface area contributed by atoms with Crippen LogP contribution in [0.3, 0.4) is 0 Å². The highest BCUT2D eigenvalue weighted by Crippen LogP contribution is 2.45. The van der Waals surface area contributed by atoms with Gasteiger partial charge in [0.05, 0.1) is 29.8 Å². The Morgan fingerprint density at radius 3 is 2.47 bits per heavy atom. The van der Waals surface area contributed by atoms with Gasteiger partial charge >= 0.3 is 5.97 Å². The normalized spacial score (nSPS) is 16.1. The van der Waals surface area contributed by atoms with Crippen molar-refractivity contribution < 1.29 is 20.1 Å². The van der Waals surface area contributed by atoms with E-state index < -0.39 is 18.2 Å². The zero-order chi connectivity index (χ0) is 21.1. The molecule has 0 spiro atoms. The Labute approximate surface area is 175 Å². The molecule has 1 saturated carbocycles. The molecule has 2 aromatic carbocycles. The number of benzene rings is 2. The van der Waals surface area contributed by atoms with Gasteiger partial charge in [-0.3, -0.25) is 9.78 Å². The van der Waals surface area contributed by atoms with Crippen molar-refractivity contribution in [3.8, 4) is 11.1 Å². The molecule has 1 aliphatic rings. The number of carbonyl (C=O) groups is 1. The first kappa shape index (κ1) is 20.3. The molecular formula is C25H25NO4. The Bertz CT molecular complexity index is 1070. The van der Waals surface area contributed by atoms with Gasteiger partial charge in [-0.25, -0.2) is 0 Å². The summed E-state index contributed by atoms with van der Waals surface area (Å²) in [6, 6.07) is 18.2. The number of fused-ring (bicyclic) bond motifs is 1. The van der Waals surface area contributed by atoms with Crippen LogP contribution in [0.5, 0.6) is 0 Å². The predicted octanol–water partition coefficient (Wildman–Crippen LogP) is 4.38. The van der Waals surface area contributed by atoms with Crippen molar-refractivity contribution in [1.82, 2.24) is 4.98 Å². The number of aliphatic carboxylic acids is 1. The van der Waals surface area contributed by atoms with Crippen molar-refractivity contribution in [2.24, 2.45) is 0 Å². The fourth-order valence-electron chi connectivity index (χ4n) is 3.85. The van der Waals surface area contributed by atoms with E-state index >= 15 is 0 Å². The van der Waals surface area contributed by atoms with Crippen LogP contribution >= 0.6 is 0 Å². The number of aromatic nitrogens is 1. The summed E-state index contributed by atoms with van der Waals surface area (Å²) in [4.78, 5) is 15.7. The second-order valence-corrected chi connectivity index (χ2v) is 7.86. The molecule has 154 valence electrons. The average Bonchev–Trinajstić information content (AvgIpc) is 3.56. The van der Waals surface area contributed by atoms with Gasteiger partial charge in [0.15, 0.2) is 0 Å². The molecule has 5 nitrogen and oxygen atoms in total. The minimum atomic E-state index is -1.09. The summed E-state index contributed by atoms with van der Waals surface area (Å²) >= 11 is 0. The Balaban J connectivity index is 1.78. The molecule has 0 radical (unpaired) electrons. The zero-order valence-electron chi connectivity index (χ0n) is 16.6. The maximum absolute atomic E-state index is 10.8. The molecule has 2 unspecified atom stereocenters. The van der Waals surface area contributed by atoms with E-state index in [9.17, 15) is 15.0 Å². The lowest BCUT2D eigenvalue weighted by atomic mass is 9.92. The van der Waals surface area contributed by atoms with Gasteiger partial charge in [0, 0.05) is 28.9 Å². The molecule has 0 bridgehead atoms. The highest BCUT2D eigenvalue weighted by molar-refractivity contribution is 5.99. The van der Waals surface area contributed by atoms with Crippen LogP contribution in [0.4, 0.5) is 0 Å². The molecule has 3 N–H and O–H groups in total. The molecule has 0 aliphatic heterocycles. The SMILES string of the molecule is O=C(O)CC(O)CC(O)C=Cc1c(C2CC2)nc2ccccc2c1-c1ccccc1. The topological polar surface area (TPSA) is 90.7 Å². The van der Waals surface area contributed by atoms with Gasteiger partial charge < -0.3 is 15.3 Å². The first-order chi connectivity index (χ1) is 14.5. The third kappa shape index (κ3) is 4.58. The quantitative estimate of drug-likeness (QED) is 0.519. The fourth-order valence-corrected chi connectivity index (χ4v) is 3.85. The van der Waals surface area contributed by atoms with E-state index in [0.717, 1.165) is 46.1 Å². The van der Waals surface area contributed by atoms with E-state index in [1.165, 1.54) is 0 Å². The molecule has 2 atom stereocenters. The maximum atomic E-state index is 10.8. The molecule has 1 fully saturated rings. The highest BCUT2D eigenvalue weighted by Gasteiger charge is 2.29. The zero-order valence-corrected chi connectivity index (χ0v) is 16.6. The summed E-state index contributed by atoms with van der Waals surface area (Å²) in [6.07, 6.45) is 3.27. The lowest BCUT2D eigenvalue weighted by Crippen LogP contribution is -2.19. The molecule has 0 amide bonds. The van der Waals surface area contributed by atoms with Gasteiger partial charge in [0.25, 0.3) is 0 Å². The molecule has 3 aromatic rings. The first-order valence-corrected chi connectivity index (χ1v) is 10.3. The maximum Gasteiger partial charge on any atom is 0.305 e. The second kappa shape index (κ2) is 8.78. The van der Waals surface area contributed by atoms with E-state index in [2.05, 4.69) is 18.2 Å². The van der Waals surface area contributed by atoms with Gasteiger partial charge in [-0.2, -0.15) is 0 Å². The standard InChI is InChI=1S/C25H25NO4/c27-18(14-19(28)15-23(29)30)12-13-21-24(16-6-2-1-3-7-16)20-8-4-5-9-22(20)26-25(21)17-10-11-17/h1-9,12-13,17-19,27-28H,10-11,14-15H2,(H,29,30). The van der Waals surface area contributed by atoms with Crippen LogP contribution in [0.1, 0.15) is 42.9 Å². The Kier molecular flexibility index (Phi) is 5.93. The number of para-hydroxylation sites is 1. The van der Waals surface area contributed by atoms with Crippen LogP contribution in [0.25, 0.3) is 28.1 Å². The van der Waals surface area contributed by atoms with Crippen LogP contribution < -0.4 is 0 Å². The number of carboxylic acids is 1. The van der Waals surface area contributed by atoms with Gasteiger partial charge in [0.2, 0.25) is 0 Å². The van der Waals surface area contributed by atoms with Crippen molar-refractivity contribution in [2.45, 2.75) is 43.8 Å². The largest absolute Gasteiger partial charge is 0.481 e. The lowest BCUT2D eigenvalue weighted by Gasteiger charge is -2.16. The Hall–Kier alpha value is -3.02. The number of hydrogen-bond acceptors (Lipinski definition) is 4. The molecule has 5 heteroatoms. The number of hydrogen-bond donors (Lipinski definition) is 3. The molecule has 1 aliphatic carbocycles. The van der Waals surface area contributed by atoms with E-state index in [-0.39, 0.29) is 12.8 Å². The number of aliphatic hydroxyl groups excluding tert-OH is 2. The summed E-state index contributed by atoms with van der Waals surface area (Å²) in [5.74, 6) is -0.675. The summed E-state index contributed by atoms with van der Waals surface area (Å²) in [7, 11) is 0. The van der Waals surface area contributed by atoms with Crippen LogP contribution in [-0.2, 0) is 4.79 Å². The molecule has 4 rings (SSSR count). The van der Waals surface area contributed by atoms with E-state index in [1.54, 1.807) is 6.08 Å². The number of pyridine rings is 1. The third-order valence-electron chi connectivity index (χ3n) is 5.39. The average molecular weight is 403 g/mol. The van der Waals surface area contributed by atoms with E-state index in [4.69, 9.17) is 10.1 Å². The summed E-state index contributed by atoms with van der Waals surface area (Å²) in [6.45, 7) is 0. The van der Waals surface area contributed by atoms with Gasteiger partial charge in [-0.15, -0.1) is 0 Å². The highest BCUT2D eigenvalue weighted by atomic mass is 16.4. The molecule has 1 aromatic heterocycles. The Morgan fingerprint density at radius 1 is 1.07 bits per heavy atom. The van der Waals surface area contributed by atoms with Crippen LogP contribution in [-0.4, -0.2) is 38.5 Å². The molecule has 1 heterocycles. The van der Waals surface area contributed by atoms with Gasteiger partial charge in [-0.05, 0) is 24.5 Å². The smallest absolute Gasteiger partial charge is 0.305 e. The number of nitrogens with zero attached hydrogens (tertiary/aromatic N) is 1. The van der Waals surface area contributed by atoms with Gasteiger partial charge in [0.1, 0.15) is 0 Å². The number of aliphatic hydroxyl groups is 2. The first-order valence-electron chi connectivity index (χ1n) is 10.3. The molecular weight excluding hydrogens is 378 g/mol. The van der Waals surface area contributed by atoms with Crippen molar-refractivity contribution in [3.05, 3.63) is 71.9 Å². The predicted molar refractivity (Wildman–Crippen MR) is 117 cm³/mol. The summed E-state index contributed by atoms with van der Waals surface area (Å²) in [5.41, 5.74) is 5.12. The minimum absolute atomic E-state index is 0.0246. The van der Waals surface area contributed by atoms with Crippen LogP contribution in [0.2, 0.25) is 0 Å². The van der Waals surface area contributed by atoms with Crippen LogP contribution in [0.15, 0.2) is 60.7 Å². The monoisotopic (exact) mass is 403 g/mol. The van der Waals surface area contributed by atoms with E-state index in [1.807, 2.05) is 42.5 Å². The summed E-state index contributed by atoms with van der Waals surface area (Å²) in [5, 5.41) is 30.0. The van der Waals surface area contributed by atoms with Crippen molar-refractivity contribution >= 4 is 22.9 Å². The van der Waals surface area contributed by atoms with E-state index in [0.29, 0.717) is 5.92 Å².